The number of aryl methyl sites for hydroxylation is 1. The van der Waals surface area contributed by atoms with Gasteiger partial charge in [-0.3, -0.25) is 0 Å². The van der Waals surface area contributed by atoms with Crippen LogP contribution in [-0.4, -0.2) is 10.2 Å². The molecule has 2 aromatic rings. The summed E-state index contributed by atoms with van der Waals surface area (Å²) in [7, 11) is 0. The zero-order chi connectivity index (χ0) is 12.3. The maximum absolute atomic E-state index is 9.69. The maximum atomic E-state index is 9.69. The monoisotopic (exact) mass is 230 g/mol. The Kier molecular flexibility index (Phi) is 3.19. The molecular formula is C14H14O3. The molecule has 0 aliphatic carbocycles. The Morgan fingerprint density at radius 1 is 0.941 bits per heavy atom. The molecule has 0 fully saturated rings. The largest absolute Gasteiger partial charge is 0.508 e. The van der Waals surface area contributed by atoms with Crippen molar-refractivity contribution in [2.24, 2.45) is 0 Å². The first kappa shape index (κ1) is 11.3. The number of rotatable bonds is 3. The van der Waals surface area contributed by atoms with Crippen molar-refractivity contribution in [2.45, 2.75) is 13.3 Å². The fourth-order valence-electron chi connectivity index (χ4n) is 1.56. The van der Waals surface area contributed by atoms with Crippen molar-refractivity contribution < 1.29 is 14.9 Å². The van der Waals surface area contributed by atoms with Gasteiger partial charge in [0.05, 0.1) is 0 Å². The zero-order valence-electron chi connectivity index (χ0n) is 9.55. The van der Waals surface area contributed by atoms with Crippen LogP contribution in [0.1, 0.15) is 12.5 Å². The van der Waals surface area contributed by atoms with Crippen LogP contribution in [0.4, 0.5) is 0 Å². The topological polar surface area (TPSA) is 49.7 Å². The Labute approximate surface area is 99.9 Å². The van der Waals surface area contributed by atoms with E-state index < -0.39 is 0 Å². The highest BCUT2D eigenvalue weighted by atomic mass is 16.5. The number of hydrogen-bond acceptors (Lipinski definition) is 3. The van der Waals surface area contributed by atoms with Crippen molar-refractivity contribution >= 4 is 0 Å². The minimum atomic E-state index is 0.196. The minimum absolute atomic E-state index is 0.196. The van der Waals surface area contributed by atoms with E-state index in [1.807, 2.05) is 19.1 Å². The summed E-state index contributed by atoms with van der Waals surface area (Å²) in [5.41, 5.74) is 0.892. The molecule has 2 rings (SSSR count). The van der Waals surface area contributed by atoms with Crippen molar-refractivity contribution in [1.82, 2.24) is 0 Å². The molecule has 2 aromatic carbocycles. The number of hydrogen-bond donors (Lipinski definition) is 2. The Bertz CT molecular complexity index is 503. The second kappa shape index (κ2) is 4.78. The summed E-state index contributed by atoms with van der Waals surface area (Å²) in [6, 6.07) is 11.7. The summed E-state index contributed by atoms with van der Waals surface area (Å²) in [5, 5.41) is 18.8. The van der Waals surface area contributed by atoms with Crippen LogP contribution in [-0.2, 0) is 6.42 Å². The summed E-state index contributed by atoms with van der Waals surface area (Å²) in [4.78, 5) is 0. The van der Waals surface area contributed by atoms with E-state index in [2.05, 4.69) is 0 Å². The first-order valence-electron chi connectivity index (χ1n) is 5.48. The van der Waals surface area contributed by atoms with Gasteiger partial charge in [-0.25, -0.2) is 0 Å². The van der Waals surface area contributed by atoms with E-state index in [9.17, 15) is 5.11 Å². The molecule has 0 saturated heterocycles. The molecule has 2 N–H and O–H groups in total. The smallest absolute Gasteiger partial charge is 0.131 e. The molecule has 0 aliphatic heterocycles. The molecule has 17 heavy (non-hydrogen) atoms. The van der Waals surface area contributed by atoms with Crippen LogP contribution < -0.4 is 4.74 Å². The van der Waals surface area contributed by atoms with Crippen molar-refractivity contribution in [1.29, 1.82) is 0 Å². The lowest BCUT2D eigenvalue weighted by atomic mass is 10.1. The summed E-state index contributed by atoms with van der Waals surface area (Å²) in [6.45, 7) is 1.98. The number of benzene rings is 2. The summed E-state index contributed by atoms with van der Waals surface area (Å²) in [6.07, 6.45) is 0.783. The number of aromatic hydroxyl groups is 2. The van der Waals surface area contributed by atoms with E-state index in [1.54, 1.807) is 30.3 Å². The van der Waals surface area contributed by atoms with E-state index in [-0.39, 0.29) is 11.5 Å². The van der Waals surface area contributed by atoms with Gasteiger partial charge in [-0.05, 0) is 42.3 Å². The lowest BCUT2D eigenvalue weighted by Gasteiger charge is -2.08. The molecule has 0 radical (unpaired) electrons. The molecule has 0 amide bonds. The van der Waals surface area contributed by atoms with Gasteiger partial charge in [-0.1, -0.05) is 13.0 Å². The molecule has 3 nitrogen and oxygen atoms in total. The molecule has 0 unspecified atom stereocenters. The fraction of sp³-hybridized carbons (Fsp3) is 0.143. The van der Waals surface area contributed by atoms with Crippen LogP contribution in [0.2, 0.25) is 0 Å². The number of ether oxygens (including phenoxy) is 1. The van der Waals surface area contributed by atoms with Crippen molar-refractivity contribution in [3.8, 4) is 23.0 Å². The normalized spacial score (nSPS) is 10.2. The second-order valence-corrected chi connectivity index (χ2v) is 3.74. The Hall–Kier alpha value is -2.16. The zero-order valence-corrected chi connectivity index (χ0v) is 9.55. The van der Waals surface area contributed by atoms with E-state index in [0.29, 0.717) is 11.5 Å². The lowest BCUT2D eigenvalue weighted by Crippen LogP contribution is -1.86. The van der Waals surface area contributed by atoms with Gasteiger partial charge in [-0.2, -0.15) is 0 Å². The molecule has 0 saturated carbocycles. The highest BCUT2D eigenvalue weighted by Gasteiger charge is 2.02. The van der Waals surface area contributed by atoms with Crippen molar-refractivity contribution in [3.63, 3.8) is 0 Å². The van der Waals surface area contributed by atoms with Gasteiger partial charge in [0, 0.05) is 6.07 Å². The van der Waals surface area contributed by atoms with E-state index in [0.717, 1.165) is 12.0 Å². The summed E-state index contributed by atoms with van der Waals surface area (Å²) in [5.74, 6) is 1.63. The summed E-state index contributed by atoms with van der Waals surface area (Å²) < 4.78 is 5.54. The van der Waals surface area contributed by atoms with Crippen LogP contribution in [0.25, 0.3) is 0 Å². The third kappa shape index (κ3) is 2.69. The quantitative estimate of drug-likeness (QED) is 0.849. The first-order chi connectivity index (χ1) is 8.19. The van der Waals surface area contributed by atoms with Crippen molar-refractivity contribution in [2.75, 3.05) is 0 Å². The average Bonchev–Trinajstić information content (AvgIpc) is 2.32. The molecule has 0 spiro atoms. The summed E-state index contributed by atoms with van der Waals surface area (Å²) >= 11 is 0. The van der Waals surface area contributed by atoms with Crippen LogP contribution in [0.15, 0.2) is 42.5 Å². The average molecular weight is 230 g/mol. The Morgan fingerprint density at radius 3 is 2.18 bits per heavy atom. The molecule has 0 aliphatic rings. The van der Waals surface area contributed by atoms with Crippen LogP contribution in [0.3, 0.4) is 0 Å². The third-order valence-corrected chi connectivity index (χ3v) is 2.51. The highest BCUT2D eigenvalue weighted by Crippen LogP contribution is 2.28. The molecule has 0 heterocycles. The molecule has 0 aromatic heterocycles. The Balaban J connectivity index is 2.19. The molecule has 88 valence electrons. The first-order valence-corrected chi connectivity index (χ1v) is 5.48. The Morgan fingerprint density at radius 2 is 1.59 bits per heavy atom. The molecule has 0 atom stereocenters. The van der Waals surface area contributed by atoms with E-state index >= 15 is 0 Å². The number of phenols is 2. The van der Waals surface area contributed by atoms with E-state index in [1.165, 1.54) is 0 Å². The van der Waals surface area contributed by atoms with E-state index in [4.69, 9.17) is 9.84 Å². The van der Waals surface area contributed by atoms with Gasteiger partial charge in [0.1, 0.15) is 23.0 Å². The van der Waals surface area contributed by atoms with Crippen LogP contribution in [0.5, 0.6) is 23.0 Å². The molecule has 3 heteroatoms. The van der Waals surface area contributed by atoms with Gasteiger partial charge in [0.2, 0.25) is 0 Å². The van der Waals surface area contributed by atoms with Gasteiger partial charge in [0.15, 0.2) is 0 Å². The lowest BCUT2D eigenvalue weighted by molar-refractivity contribution is 0.447. The predicted molar refractivity (Wildman–Crippen MR) is 65.7 cm³/mol. The van der Waals surface area contributed by atoms with Gasteiger partial charge >= 0.3 is 0 Å². The van der Waals surface area contributed by atoms with Crippen molar-refractivity contribution in [3.05, 3.63) is 48.0 Å². The molecular weight excluding hydrogens is 216 g/mol. The fourth-order valence-corrected chi connectivity index (χ4v) is 1.56. The minimum Gasteiger partial charge on any atom is -0.508 e. The van der Waals surface area contributed by atoms with Crippen LogP contribution in [0, 0.1) is 0 Å². The maximum Gasteiger partial charge on any atom is 0.131 e. The number of phenolic OH excluding ortho intramolecular Hbond substituents is 2. The SMILES string of the molecule is CCc1ccc(Oc2ccc(O)cc2)cc1O. The predicted octanol–water partition coefficient (Wildman–Crippen LogP) is 3.45. The second-order valence-electron chi connectivity index (χ2n) is 3.74. The van der Waals surface area contributed by atoms with Crippen LogP contribution >= 0.6 is 0 Å². The van der Waals surface area contributed by atoms with Gasteiger partial charge < -0.3 is 14.9 Å². The third-order valence-electron chi connectivity index (χ3n) is 2.51. The molecule has 0 bridgehead atoms. The van der Waals surface area contributed by atoms with Gasteiger partial charge in [0.25, 0.3) is 0 Å². The standard InChI is InChI=1S/C14H14O3/c1-2-10-3-6-13(9-14(10)16)17-12-7-4-11(15)5-8-12/h3-9,15-16H,2H2,1H3. The van der Waals surface area contributed by atoms with Gasteiger partial charge in [-0.15, -0.1) is 0 Å². The highest BCUT2D eigenvalue weighted by molar-refractivity contribution is 5.42.